The number of methoxy groups -OCH3 is 1. The molecular formula is C23H40N6O. The minimum absolute atomic E-state index is 0.908. The zero-order valence-corrected chi connectivity index (χ0v) is 19.1. The van der Waals surface area contributed by atoms with Crippen molar-refractivity contribution in [3.63, 3.8) is 0 Å². The van der Waals surface area contributed by atoms with Gasteiger partial charge >= 0.3 is 0 Å². The molecule has 2 heterocycles. The Balaban J connectivity index is 1.32. The van der Waals surface area contributed by atoms with Crippen LogP contribution >= 0.6 is 0 Å². The third-order valence-corrected chi connectivity index (χ3v) is 6.32. The van der Waals surface area contributed by atoms with Gasteiger partial charge in [0.2, 0.25) is 0 Å². The average Bonchev–Trinajstić information content (AvgIpc) is 2.82. The summed E-state index contributed by atoms with van der Waals surface area (Å²) in [5.74, 6) is 1.95. The van der Waals surface area contributed by atoms with Crippen molar-refractivity contribution in [2.75, 3.05) is 91.0 Å². The zero-order valence-electron chi connectivity index (χ0n) is 19.1. The molecule has 0 amide bonds. The van der Waals surface area contributed by atoms with E-state index in [1.807, 2.05) is 19.2 Å². The molecule has 7 nitrogen and oxygen atoms in total. The fraction of sp³-hybridized carbons (Fsp3) is 0.696. The number of ether oxygens (including phenoxy) is 1. The molecule has 0 atom stereocenters. The van der Waals surface area contributed by atoms with Crippen molar-refractivity contribution in [3.8, 4) is 5.75 Å². The maximum absolute atomic E-state index is 5.26. The highest BCUT2D eigenvalue weighted by molar-refractivity contribution is 5.80. The van der Waals surface area contributed by atoms with Gasteiger partial charge in [0, 0.05) is 71.6 Å². The number of hydrogen-bond donors (Lipinski definition) is 1. The molecule has 2 saturated heterocycles. The van der Waals surface area contributed by atoms with Crippen LogP contribution in [-0.2, 0) is 0 Å². The van der Waals surface area contributed by atoms with Crippen molar-refractivity contribution in [3.05, 3.63) is 24.3 Å². The monoisotopic (exact) mass is 416 g/mol. The molecule has 1 N–H and O–H groups in total. The molecule has 3 rings (SSSR count). The molecule has 0 saturated carbocycles. The highest BCUT2D eigenvalue weighted by Gasteiger charge is 2.20. The van der Waals surface area contributed by atoms with Crippen LogP contribution in [0.4, 0.5) is 5.69 Å². The summed E-state index contributed by atoms with van der Waals surface area (Å²) >= 11 is 0. The Labute approximate surface area is 182 Å². The minimum atomic E-state index is 0.908. The lowest BCUT2D eigenvalue weighted by Gasteiger charge is -2.37. The number of unbranched alkanes of at least 4 members (excludes halogenated alkanes) is 1. The summed E-state index contributed by atoms with van der Waals surface area (Å²) in [5, 5.41) is 3.58. The largest absolute Gasteiger partial charge is 0.497 e. The van der Waals surface area contributed by atoms with Crippen LogP contribution in [0.15, 0.2) is 29.3 Å². The highest BCUT2D eigenvalue weighted by Crippen LogP contribution is 2.20. The second-order valence-electron chi connectivity index (χ2n) is 8.13. The van der Waals surface area contributed by atoms with E-state index in [9.17, 15) is 0 Å². The summed E-state index contributed by atoms with van der Waals surface area (Å²) in [6.07, 6.45) is 2.44. The molecule has 2 aliphatic rings. The predicted molar refractivity (Wildman–Crippen MR) is 126 cm³/mol. The number of piperazine rings is 2. The van der Waals surface area contributed by atoms with Gasteiger partial charge in [0.1, 0.15) is 5.75 Å². The Morgan fingerprint density at radius 1 is 0.933 bits per heavy atom. The number of guanidine groups is 1. The summed E-state index contributed by atoms with van der Waals surface area (Å²) < 4.78 is 5.26. The second kappa shape index (κ2) is 12.0. The van der Waals surface area contributed by atoms with Gasteiger partial charge in [-0.05, 0) is 50.2 Å². The second-order valence-corrected chi connectivity index (χ2v) is 8.13. The fourth-order valence-corrected chi connectivity index (χ4v) is 4.29. The first-order valence-electron chi connectivity index (χ1n) is 11.5. The van der Waals surface area contributed by atoms with Crippen LogP contribution in [0.3, 0.4) is 0 Å². The molecule has 2 fully saturated rings. The topological polar surface area (TPSA) is 46.6 Å². The van der Waals surface area contributed by atoms with Gasteiger partial charge in [-0.25, -0.2) is 0 Å². The van der Waals surface area contributed by atoms with Crippen molar-refractivity contribution in [2.45, 2.75) is 19.8 Å². The molecule has 0 aromatic heterocycles. The summed E-state index contributed by atoms with van der Waals surface area (Å²) in [7, 11) is 3.60. The van der Waals surface area contributed by atoms with E-state index < -0.39 is 0 Å². The molecule has 1 aromatic carbocycles. The van der Waals surface area contributed by atoms with E-state index in [0.29, 0.717) is 0 Å². The van der Waals surface area contributed by atoms with Crippen molar-refractivity contribution >= 4 is 11.6 Å². The summed E-state index contributed by atoms with van der Waals surface area (Å²) in [6.45, 7) is 14.6. The number of benzene rings is 1. The molecule has 0 spiro atoms. The first kappa shape index (κ1) is 22.7. The minimum Gasteiger partial charge on any atom is -0.497 e. The lowest BCUT2D eigenvalue weighted by molar-refractivity contribution is 0.136. The number of hydrogen-bond acceptors (Lipinski definition) is 5. The van der Waals surface area contributed by atoms with Crippen molar-refractivity contribution in [1.82, 2.24) is 20.0 Å². The summed E-state index contributed by atoms with van der Waals surface area (Å²) in [5.41, 5.74) is 1.26. The molecule has 168 valence electrons. The number of rotatable bonds is 8. The van der Waals surface area contributed by atoms with E-state index in [1.165, 1.54) is 57.8 Å². The van der Waals surface area contributed by atoms with E-state index >= 15 is 0 Å². The maximum atomic E-state index is 5.26. The van der Waals surface area contributed by atoms with Crippen LogP contribution in [0.1, 0.15) is 19.8 Å². The number of nitrogens with one attached hydrogen (secondary N) is 1. The van der Waals surface area contributed by atoms with Gasteiger partial charge < -0.3 is 29.7 Å². The lowest BCUT2D eigenvalue weighted by atomic mass is 10.2. The highest BCUT2D eigenvalue weighted by atomic mass is 16.5. The van der Waals surface area contributed by atoms with Crippen LogP contribution in [0, 0.1) is 0 Å². The standard InChI is InChI=1S/C23H40N6O/c1-4-26-13-15-27(16-14-26)12-6-5-11-25-23(24-2)29-19-17-28(18-20-29)21-7-9-22(30-3)10-8-21/h7-10H,4-6,11-20H2,1-3H3,(H,24,25). The Kier molecular flexibility index (Phi) is 9.08. The number of nitrogens with zero attached hydrogens (tertiary/aromatic N) is 5. The first-order chi connectivity index (χ1) is 14.7. The van der Waals surface area contributed by atoms with E-state index in [4.69, 9.17) is 4.74 Å². The van der Waals surface area contributed by atoms with Crippen molar-refractivity contribution in [2.24, 2.45) is 4.99 Å². The van der Waals surface area contributed by atoms with Crippen LogP contribution in [0.5, 0.6) is 5.75 Å². The molecular weight excluding hydrogens is 376 g/mol. The molecule has 1 aromatic rings. The Bertz CT molecular complexity index is 634. The molecule has 0 radical (unpaired) electrons. The molecule has 30 heavy (non-hydrogen) atoms. The zero-order chi connectivity index (χ0) is 21.2. The van der Waals surface area contributed by atoms with Gasteiger partial charge in [-0.3, -0.25) is 4.99 Å². The quantitative estimate of drug-likeness (QED) is 0.396. The molecule has 7 heteroatoms. The number of aliphatic imine (C=N–C) groups is 1. The van der Waals surface area contributed by atoms with E-state index in [0.717, 1.165) is 44.4 Å². The van der Waals surface area contributed by atoms with Crippen molar-refractivity contribution < 1.29 is 4.74 Å². The summed E-state index contributed by atoms with van der Waals surface area (Å²) in [4.78, 5) is 14.5. The van der Waals surface area contributed by atoms with Crippen LogP contribution < -0.4 is 15.0 Å². The number of likely N-dealkylation sites (N-methyl/N-ethyl adjacent to an activating group) is 1. The van der Waals surface area contributed by atoms with Gasteiger partial charge in [0.05, 0.1) is 7.11 Å². The van der Waals surface area contributed by atoms with E-state index in [-0.39, 0.29) is 0 Å². The van der Waals surface area contributed by atoms with Crippen LogP contribution in [0.2, 0.25) is 0 Å². The third kappa shape index (κ3) is 6.51. The smallest absolute Gasteiger partial charge is 0.193 e. The number of anilines is 1. The molecule has 0 aliphatic carbocycles. The fourth-order valence-electron chi connectivity index (χ4n) is 4.29. The third-order valence-electron chi connectivity index (χ3n) is 6.32. The van der Waals surface area contributed by atoms with Gasteiger partial charge in [-0.1, -0.05) is 6.92 Å². The average molecular weight is 417 g/mol. The SMILES string of the molecule is CCN1CCN(CCCCNC(=NC)N2CCN(c3ccc(OC)cc3)CC2)CC1. The van der Waals surface area contributed by atoms with E-state index in [1.54, 1.807) is 7.11 Å². The van der Waals surface area contributed by atoms with Gasteiger partial charge in [-0.2, -0.15) is 0 Å². The van der Waals surface area contributed by atoms with Gasteiger partial charge in [0.25, 0.3) is 0 Å². The lowest BCUT2D eigenvalue weighted by Crippen LogP contribution is -2.52. The molecule has 0 bridgehead atoms. The van der Waals surface area contributed by atoms with Gasteiger partial charge in [0.15, 0.2) is 5.96 Å². The Morgan fingerprint density at radius 2 is 1.60 bits per heavy atom. The molecule has 2 aliphatic heterocycles. The first-order valence-corrected chi connectivity index (χ1v) is 11.5. The van der Waals surface area contributed by atoms with Crippen LogP contribution in [-0.4, -0.2) is 107 Å². The normalized spacial score (nSPS) is 19.2. The van der Waals surface area contributed by atoms with Crippen molar-refractivity contribution in [1.29, 1.82) is 0 Å². The van der Waals surface area contributed by atoms with E-state index in [2.05, 4.69) is 49.0 Å². The molecule has 0 unspecified atom stereocenters. The van der Waals surface area contributed by atoms with Gasteiger partial charge in [-0.15, -0.1) is 0 Å². The summed E-state index contributed by atoms with van der Waals surface area (Å²) in [6, 6.07) is 8.35. The Hall–Kier alpha value is -1.99. The Morgan fingerprint density at radius 3 is 2.20 bits per heavy atom. The maximum Gasteiger partial charge on any atom is 0.193 e. The predicted octanol–water partition coefficient (Wildman–Crippen LogP) is 1.81. The van der Waals surface area contributed by atoms with Crippen LogP contribution in [0.25, 0.3) is 0 Å².